The number of hydrogen-bond acceptors (Lipinski definition) is 4. The highest BCUT2D eigenvalue weighted by Crippen LogP contribution is 2.19. The Hall–Kier alpha value is -1.34. The highest BCUT2D eigenvalue weighted by molar-refractivity contribution is 5.80. The van der Waals surface area contributed by atoms with E-state index in [1.54, 1.807) is 0 Å². The minimum absolute atomic E-state index is 0.109. The van der Waals surface area contributed by atoms with E-state index in [1.807, 2.05) is 0 Å². The molecule has 0 aromatic heterocycles. The summed E-state index contributed by atoms with van der Waals surface area (Å²) in [6.07, 6.45) is 5.32. The number of nitrogens with two attached hydrogens (primary N) is 1. The molecule has 0 aromatic carbocycles. The summed E-state index contributed by atoms with van der Waals surface area (Å²) in [5, 5.41) is 12.9. The third-order valence-corrected chi connectivity index (χ3v) is 5.09. The van der Waals surface area contributed by atoms with Crippen molar-refractivity contribution in [3.05, 3.63) is 0 Å². The van der Waals surface area contributed by atoms with Crippen molar-refractivity contribution in [2.24, 2.45) is 16.6 Å². The van der Waals surface area contributed by atoms with Crippen molar-refractivity contribution in [1.29, 1.82) is 0 Å². The lowest BCUT2D eigenvalue weighted by molar-refractivity contribution is -0.119. The van der Waals surface area contributed by atoms with E-state index in [1.165, 1.54) is 0 Å². The van der Waals surface area contributed by atoms with Crippen molar-refractivity contribution in [2.45, 2.75) is 51.6 Å². The third-order valence-electron chi connectivity index (χ3n) is 5.09. The first-order chi connectivity index (χ1) is 12.1. The number of guanidine groups is 1. The molecule has 2 fully saturated rings. The van der Waals surface area contributed by atoms with Gasteiger partial charge in [0.15, 0.2) is 5.96 Å². The van der Waals surface area contributed by atoms with E-state index in [-0.39, 0.29) is 12.0 Å². The van der Waals surface area contributed by atoms with Gasteiger partial charge >= 0.3 is 0 Å². The molecule has 0 aromatic rings. The lowest BCUT2D eigenvalue weighted by atomic mass is 9.95. The molecule has 2 aliphatic rings. The molecule has 2 saturated heterocycles. The summed E-state index contributed by atoms with van der Waals surface area (Å²) in [5.74, 6) is 1.10. The van der Waals surface area contributed by atoms with Crippen molar-refractivity contribution >= 4 is 11.9 Å². The number of aliphatic hydroxyl groups is 1. The first kappa shape index (κ1) is 20.0. The second-order valence-electron chi connectivity index (χ2n) is 7.29. The number of likely N-dealkylation sites (tertiary alicyclic amines) is 2. The topological polar surface area (TPSA) is 94.2 Å². The predicted octanol–water partition coefficient (Wildman–Crippen LogP) is 0.386. The van der Waals surface area contributed by atoms with Crippen molar-refractivity contribution in [3.8, 4) is 0 Å². The fraction of sp³-hybridized carbons (Fsp3) is 0.889. The number of rotatable bonds is 7. The minimum Gasteiger partial charge on any atom is -0.393 e. The standard InChI is InChI=1S/C18H35N5O2/c1-2-20-18(23-10-3-5-15(14-23)13-17(19)25)21-8-4-9-22-11-6-16(24)7-12-22/h15-16,24H,2-14H2,1H3,(H2,19,25)(H,20,21). The summed E-state index contributed by atoms with van der Waals surface area (Å²) in [6.45, 7) is 8.61. The van der Waals surface area contributed by atoms with Crippen molar-refractivity contribution in [3.63, 3.8) is 0 Å². The van der Waals surface area contributed by atoms with E-state index >= 15 is 0 Å². The second-order valence-corrected chi connectivity index (χ2v) is 7.29. The molecule has 25 heavy (non-hydrogen) atoms. The number of primary amides is 1. The smallest absolute Gasteiger partial charge is 0.217 e. The van der Waals surface area contributed by atoms with Crippen LogP contribution >= 0.6 is 0 Å². The molecule has 2 aliphatic heterocycles. The molecule has 1 amide bonds. The maximum atomic E-state index is 11.2. The van der Waals surface area contributed by atoms with Gasteiger partial charge < -0.3 is 26.0 Å². The fourth-order valence-corrected chi connectivity index (χ4v) is 3.76. The normalized spacial score (nSPS) is 23.7. The zero-order chi connectivity index (χ0) is 18.1. The molecule has 144 valence electrons. The molecule has 0 aliphatic carbocycles. The van der Waals surface area contributed by atoms with Crippen LogP contribution in [0.3, 0.4) is 0 Å². The predicted molar refractivity (Wildman–Crippen MR) is 100 cm³/mol. The molecule has 0 bridgehead atoms. The van der Waals surface area contributed by atoms with Crippen LogP contribution in [0.2, 0.25) is 0 Å². The van der Waals surface area contributed by atoms with Crippen molar-refractivity contribution in [1.82, 2.24) is 15.1 Å². The van der Waals surface area contributed by atoms with E-state index < -0.39 is 0 Å². The summed E-state index contributed by atoms with van der Waals surface area (Å²) in [5.41, 5.74) is 5.36. The fourth-order valence-electron chi connectivity index (χ4n) is 3.76. The number of amides is 1. The van der Waals surface area contributed by atoms with E-state index in [0.717, 1.165) is 83.9 Å². The molecule has 0 radical (unpaired) electrons. The first-order valence-electron chi connectivity index (χ1n) is 9.80. The number of piperidine rings is 2. The Morgan fingerprint density at radius 3 is 2.72 bits per heavy atom. The number of carbonyl (C=O) groups is 1. The zero-order valence-electron chi connectivity index (χ0n) is 15.6. The van der Waals surface area contributed by atoms with Crippen LogP contribution in [0.4, 0.5) is 0 Å². The lowest BCUT2D eigenvalue weighted by Crippen LogP contribution is -2.47. The summed E-state index contributed by atoms with van der Waals surface area (Å²) in [4.78, 5) is 20.7. The Morgan fingerprint density at radius 2 is 2.04 bits per heavy atom. The monoisotopic (exact) mass is 353 g/mol. The van der Waals surface area contributed by atoms with Crippen LogP contribution in [0.15, 0.2) is 4.99 Å². The second kappa shape index (κ2) is 10.6. The van der Waals surface area contributed by atoms with E-state index in [2.05, 4.69) is 22.0 Å². The number of hydrogen-bond donors (Lipinski definition) is 3. The molecular formula is C18H35N5O2. The van der Waals surface area contributed by atoms with Gasteiger partial charge in [-0.3, -0.25) is 9.79 Å². The summed E-state index contributed by atoms with van der Waals surface area (Å²) < 4.78 is 0. The molecular weight excluding hydrogens is 318 g/mol. The molecule has 4 N–H and O–H groups in total. The van der Waals surface area contributed by atoms with Gasteiger partial charge in [0, 0.05) is 45.7 Å². The average molecular weight is 354 g/mol. The van der Waals surface area contributed by atoms with Gasteiger partial charge in [0.1, 0.15) is 0 Å². The lowest BCUT2D eigenvalue weighted by Gasteiger charge is -2.34. The van der Waals surface area contributed by atoms with Gasteiger partial charge in [0.2, 0.25) is 5.91 Å². The largest absolute Gasteiger partial charge is 0.393 e. The zero-order valence-corrected chi connectivity index (χ0v) is 15.6. The maximum absolute atomic E-state index is 11.2. The van der Waals surface area contributed by atoms with Crippen LogP contribution in [-0.4, -0.2) is 78.7 Å². The number of aliphatic imine (C=N–C) groups is 1. The van der Waals surface area contributed by atoms with Gasteiger partial charge in [-0.1, -0.05) is 0 Å². The van der Waals surface area contributed by atoms with Gasteiger partial charge in [-0.05, 0) is 51.5 Å². The molecule has 7 heteroatoms. The number of aliphatic hydroxyl groups excluding tert-OH is 1. The molecule has 1 atom stereocenters. The number of nitrogens with zero attached hydrogens (tertiary/aromatic N) is 3. The van der Waals surface area contributed by atoms with Crippen LogP contribution in [0.1, 0.15) is 45.4 Å². The van der Waals surface area contributed by atoms with E-state index in [4.69, 9.17) is 10.7 Å². The Bertz CT molecular complexity index is 435. The highest BCUT2D eigenvalue weighted by atomic mass is 16.3. The van der Waals surface area contributed by atoms with Gasteiger partial charge in [-0.2, -0.15) is 0 Å². The molecule has 2 rings (SSSR count). The van der Waals surface area contributed by atoms with Gasteiger partial charge in [-0.15, -0.1) is 0 Å². The van der Waals surface area contributed by atoms with Crippen LogP contribution in [-0.2, 0) is 4.79 Å². The Morgan fingerprint density at radius 1 is 1.28 bits per heavy atom. The molecule has 7 nitrogen and oxygen atoms in total. The van der Waals surface area contributed by atoms with Gasteiger partial charge in [0.05, 0.1) is 6.10 Å². The summed E-state index contributed by atoms with van der Waals surface area (Å²) >= 11 is 0. The van der Waals surface area contributed by atoms with Gasteiger partial charge in [0.25, 0.3) is 0 Å². The number of nitrogens with one attached hydrogen (secondary N) is 1. The van der Waals surface area contributed by atoms with Crippen LogP contribution in [0, 0.1) is 5.92 Å². The minimum atomic E-state index is -0.208. The Kier molecular flexibility index (Phi) is 8.48. The molecule has 2 heterocycles. The molecule has 0 saturated carbocycles. The molecule has 1 unspecified atom stereocenters. The van der Waals surface area contributed by atoms with E-state index in [0.29, 0.717) is 12.3 Å². The summed E-state index contributed by atoms with van der Waals surface area (Å²) in [6, 6.07) is 0. The average Bonchev–Trinajstić information content (AvgIpc) is 2.59. The van der Waals surface area contributed by atoms with Crippen LogP contribution in [0.25, 0.3) is 0 Å². The Labute approximate surface area is 151 Å². The molecule has 0 spiro atoms. The first-order valence-corrected chi connectivity index (χ1v) is 9.80. The highest BCUT2D eigenvalue weighted by Gasteiger charge is 2.23. The van der Waals surface area contributed by atoms with E-state index in [9.17, 15) is 9.90 Å². The SMILES string of the molecule is CCNC(=NCCCN1CCC(O)CC1)N1CCCC(CC(N)=O)C1. The Balaban J connectivity index is 1.78. The maximum Gasteiger partial charge on any atom is 0.217 e. The van der Waals surface area contributed by atoms with Crippen LogP contribution in [0.5, 0.6) is 0 Å². The van der Waals surface area contributed by atoms with Crippen LogP contribution < -0.4 is 11.1 Å². The number of carbonyl (C=O) groups excluding carboxylic acids is 1. The quantitative estimate of drug-likeness (QED) is 0.350. The van der Waals surface area contributed by atoms with Crippen molar-refractivity contribution < 1.29 is 9.90 Å². The van der Waals surface area contributed by atoms with Gasteiger partial charge in [-0.25, -0.2) is 0 Å². The summed E-state index contributed by atoms with van der Waals surface area (Å²) in [7, 11) is 0. The third kappa shape index (κ3) is 7.20. The van der Waals surface area contributed by atoms with Crippen molar-refractivity contribution in [2.75, 3.05) is 45.8 Å².